The highest BCUT2D eigenvalue weighted by Crippen LogP contribution is 2.33. The summed E-state index contributed by atoms with van der Waals surface area (Å²) in [7, 11) is 0. The molecule has 1 aliphatic carbocycles. The van der Waals surface area contributed by atoms with E-state index < -0.39 is 0 Å². The lowest BCUT2D eigenvalue weighted by Gasteiger charge is -2.25. The SMILES string of the molecule is CCCC1NC(CC(C)C)N(CCCC2CC2)C1=O. The maximum atomic E-state index is 12.4. The Balaban J connectivity index is 1.87. The lowest BCUT2D eigenvalue weighted by Crippen LogP contribution is -2.39. The highest BCUT2D eigenvalue weighted by atomic mass is 16.2. The van der Waals surface area contributed by atoms with Crippen molar-refractivity contribution in [1.82, 2.24) is 10.2 Å². The van der Waals surface area contributed by atoms with Gasteiger partial charge in [-0.1, -0.05) is 40.0 Å². The van der Waals surface area contributed by atoms with Gasteiger partial charge in [-0.05, 0) is 37.5 Å². The molecule has 1 saturated heterocycles. The molecule has 1 N–H and O–H groups in total. The first kappa shape index (κ1) is 14.8. The van der Waals surface area contributed by atoms with Gasteiger partial charge in [0, 0.05) is 6.54 Å². The lowest BCUT2D eigenvalue weighted by atomic mass is 10.1. The van der Waals surface area contributed by atoms with Crippen LogP contribution in [-0.4, -0.2) is 29.6 Å². The summed E-state index contributed by atoms with van der Waals surface area (Å²) in [6, 6.07) is 0.0784. The molecule has 0 spiro atoms. The van der Waals surface area contributed by atoms with E-state index in [1.165, 1.54) is 25.7 Å². The van der Waals surface area contributed by atoms with Gasteiger partial charge in [-0.3, -0.25) is 10.1 Å². The zero-order valence-corrected chi connectivity index (χ0v) is 12.8. The van der Waals surface area contributed by atoms with Crippen LogP contribution in [0.25, 0.3) is 0 Å². The van der Waals surface area contributed by atoms with Crippen LogP contribution in [0.3, 0.4) is 0 Å². The summed E-state index contributed by atoms with van der Waals surface area (Å²) in [5.74, 6) is 1.96. The van der Waals surface area contributed by atoms with Crippen LogP contribution in [0, 0.1) is 11.8 Å². The Morgan fingerprint density at radius 3 is 2.63 bits per heavy atom. The van der Waals surface area contributed by atoms with E-state index in [2.05, 4.69) is 31.0 Å². The normalized spacial score (nSPS) is 27.6. The molecule has 3 nitrogen and oxygen atoms in total. The molecule has 3 heteroatoms. The van der Waals surface area contributed by atoms with Crippen molar-refractivity contribution in [2.75, 3.05) is 6.54 Å². The summed E-state index contributed by atoms with van der Waals surface area (Å²) in [5, 5.41) is 3.55. The van der Waals surface area contributed by atoms with Gasteiger partial charge in [0.15, 0.2) is 0 Å². The van der Waals surface area contributed by atoms with Gasteiger partial charge < -0.3 is 4.90 Å². The predicted molar refractivity (Wildman–Crippen MR) is 78.7 cm³/mol. The molecule has 0 aromatic carbocycles. The average Bonchev–Trinajstić information content (AvgIpc) is 3.11. The van der Waals surface area contributed by atoms with Crippen molar-refractivity contribution in [2.45, 2.75) is 77.9 Å². The monoisotopic (exact) mass is 266 g/mol. The molecule has 2 aliphatic rings. The first-order valence-electron chi connectivity index (χ1n) is 8.18. The molecule has 0 bridgehead atoms. The Morgan fingerprint density at radius 2 is 2.05 bits per heavy atom. The molecule has 110 valence electrons. The third-order valence-corrected chi connectivity index (χ3v) is 4.33. The standard InChI is InChI=1S/C16H30N2O/c1-4-6-14-16(19)18(10-5-7-13-8-9-13)15(17-14)11-12(2)3/h12-15,17H,4-11H2,1-3H3. The lowest BCUT2D eigenvalue weighted by molar-refractivity contribution is -0.130. The Morgan fingerprint density at radius 1 is 1.32 bits per heavy atom. The number of carbonyl (C=O) groups excluding carboxylic acids is 1. The number of hydrogen-bond acceptors (Lipinski definition) is 2. The minimum atomic E-state index is 0.0784. The topological polar surface area (TPSA) is 32.3 Å². The van der Waals surface area contributed by atoms with Crippen molar-refractivity contribution in [2.24, 2.45) is 11.8 Å². The van der Waals surface area contributed by atoms with Crippen LogP contribution in [0.4, 0.5) is 0 Å². The molecular formula is C16H30N2O. The molecule has 1 amide bonds. The van der Waals surface area contributed by atoms with Gasteiger partial charge >= 0.3 is 0 Å². The van der Waals surface area contributed by atoms with Gasteiger partial charge in [0.25, 0.3) is 0 Å². The third kappa shape index (κ3) is 4.20. The highest BCUT2D eigenvalue weighted by Gasteiger charge is 2.37. The fourth-order valence-electron chi connectivity index (χ4n) is 3.11. The second-order valence-electron chi connectivity index (χ2n) is 6.77. The zero-order valence-electron chi connectivity index (χ0n) is 12.8. The molecule has 2 atom stereocenters. The minimum Gasteiger partial charge on any atom is -0.326 e. The highest BCUT2D eigenvalue weighted by molar-refractivity contribution is 5.84. The van der Waals surface area contributed by atoms with Gasteiger partial charge in [0.2, 0.25) is 5.91 Å². The Labute approximate surface area is 118 Å². The molecule has 2 fully saturated rings. The summed E-state index contributed by atoms with van der Waals surface area (Å²) in [6.45, 7) is 7.59. The molecule has 1 saturated carbocycles. The van der Waals surface area contributed by atoms with Crippen LogP contribution in [0.2, 0.25) is 0 Å². The van der Waals surface area contributed by atoms with E-state index in [1.807, 2.05) is 0 Å². The van der Waals surface area contributed by atoms with E-state index in [0.717, 1.165) is 31.7 Å². The summed E-state index contributed by atoms with van der Waals surface area (Å²) in [5.41, 5.74) is 0. The summed E-state index contributed by atoms with van der Waals surface area (Å²) in [6.07, 6.45) is 8.75. The third-order valence-electron chi connectivity index (χ3n) is 4.33. The largest absolute Gasteiger partial charge is 0.326 e. The van der Waals surface area contributed by atoms with Crippen molar-refractivity contribution >= 4 is 5.91 Å². The van der Waals surface area contributed by atoms with Crippen molar-refractivity contribution in [3.8, 4) is 0 Å². The van der Waals surface area contributed by atoms with Crippen LogP contribution in [-0.2, 0) is 4.79 Å². The molecule has 1 aliphatic heterocycles. The van der Waals surface area contributed by atoms with Gasteiger partial charge in [-0.15, -0.1) is 0 Å². The van der Waals surface area contributed by atoms with Gasteiger partial charge in [0.05, 0.1) is 12.2 Å². The van der Waals surface area contributed by atoms with E-state index >= 15 is 0 Å². The zero-order chi connectivity index (χ0) is 13.8. The smallest absolute Gasteiger partial charge is 0.241 e. The van der Waals surface area contributed by atoms with Crippen molar-refractivity contribution < 1.29 is 4.79 Å². The quantitative estimate of drug-likeness (QED) is 0.732. The van der Waals surface area contributed by atoms with Crippen molar-refractivity contribution in [1.29, 1.82) is 0 Å². The molecule has 1 heterocycles. The molecule has 19 heavy (non-hydrogen) atoms. The average molecular weight is 266 g/mol. The Kier molecular flexibility index (Phi) is 5.26. The Hall–Kier alpha value is -0.570. The molecule has 2 rings (SSSR count). The number of nitrogens with zero attached hydrogens (tertiary/aromatic N) is 1. The predicted octanol–water partition coefficient (Wildman–Crippen LogP) is 3.15. The fraction of sp³-hybridized carbons (Fsp3) is 0.938. The van der Waals surface area contributed by atoms with E-state index in [4.69, 9.17) is 0 Å². The van der Waals surface area contributed by atoms with Crippen molar-refractivity contribution in [3.05, 3.63) is 0 Å². The molecule has 0 radical (unpaired) electrons. The van der Waals surface area contributed by atoms with Gasteiger partial charge in [0.1, 0.15) is 0 Å². The summed E-state index contributed by atoms with van der Waals surface area (Å²) < 4.78 is 0. The van der Waals surface area contributed by atoms with E-state index in [-0.39, 0.29) is 12.2 Å². The van der Waals surface area contributed by atoms with Gasteiger partial charge in [-0.2, -0.15) is 0 Å². The maximum Gasteiger partial charge on any atom is 0.241 e. The second-order valence-corrected chi connectivity index (χ2v) is 6.77. The summed E-state index contributed by atoms with van der Waals surface area (Å²) >= 11 is 0. The molecule has 0 aromatic heterocycles. The van der Waals surface area contributed by atoms with E-state index in [1.54, 1.807) is 0 Å². The number of rotatable bonds is 8. The molecule has 0 aromatic rings. The van der Waals surface area contributed by atoms with Crippen LogP contribution < -0.4 is 5.32 Å². The number of amides is 1. The first-order valence-corrected chi connectivity index (χ1v) is 8.18. The minimum absolute atomic E-state index is 0.0784. The van der Waals surface area contributed by atoms with E-state index in [9.17, 15) is 4.79 Å². The molecule has 2 unspecified atom stereocenters. The van der Waals surface area contributed by atoms with Crippen LogP contribution in [0.15, 0.2) is 0 Å². The van der Waals surface area contributed by atoms with Crippen LogP contribution >= 0.6 is 0 Å². The fourth-order valence-corrected chi connectivity index (χ4v) is 3.11. The maximum absolute atomic E-state index is 12.4. The van der Waals surface area contributed by atoms with Crippen molar-refractivity contribution in [3.63, 3.8) is 0 Å². The summed E-state index contributed by atoms with van der Waals surface area (Å²) in [4.78, 5) is 14.6. The second kappa shape index (κ2) is 6.74. The molecular weight excluding hydrogens is 236 g/mol. The number of hydrogen-bond donors (Lipinski definition) is 1. The van der Waals surface area contributed by atoms with E-state index in [0.29, 0.717) is 11.8 Å². The first-order chi connectivity index (χ1) is 9.11. The number of nitrogens with one attached hydrogen (secondary N) is 1. The Bertz CT molecular complexity index is 299. The number of carbonyl (C=O) groups is 1. The van der Waals surface area contributed by atoms with Gasteiger partial charge in [-0.25, -0.2) is 0 Å². The van der Waals surface area contributed by atoms with Crippen LogP contribution in [0.1, 0.15) is 65.7 Å². The van der Waals surface area contributed by atoms with Crippen LogP contribution in [0.5, 0.6) is 0 Å².